The molecule has 12 heavy (non-hydrogen) atoms. The minimum atomic E-state index is -2.75. The average Bonchev–Trinajstić information content (AvgIpc) is 2.01. The van der Waals surface area contributed by atoms with E-state index in [1.165, 1.54) is 0 Å². The van der Waals surface area contributed by atoms with Gasteiger partial charge >= 0.3 is 0 Å². The molecule has 0 saturated heterocycles. The molecule has 0 N–H and O–H groups in total. The molecule has 74 valence electrons. The van der Waals surface area contributed by atoms with Gasteiger partial charge in [-0.2, -0.15) is 0 Å². The first-order valence-electron chi connectivity index (χ1n) is 4.39. The van der Waals surface area contributed by atoms with Gasteiger partial charge in [0.1, 0.15) is 9.84 Å². The second-order valence-corrected chi connectivity index (χ2v) is 6.00. The van der Waals surface area contributed by atoms with Crippen LogP contribution in [-0.2, 0) is 9.84 Å². The molecule has 0 amide bonds. The van der Waals surface area contributed by atoms with Crippen LogP contribution in [-0.4, -0.2) is 25.3 Å². The lowest BCUT2D eigenvalue weighted by molar-refractivity contribution is 0.590. The van der Waals surface area contributed by atoms with Crippen LogP contribution in [0.2, 0.25) is 0 Å². The molecular weight excluding hydrogens is 240 g/mol. The Morgan fingerprint density at radius 1 is 1.08 bits per heavy atom. The van der Waals surface area contributed by atoms with Crippen LogP contribution in [0.4, 0.5) is 0 Å². The zero-order valence-corrected chi connectivity index (χ0v) is 9.95. The minimum Gasteiger partial charge on any atom is -0.229 e. The Morgan fingerprint density at radius 2 is 1.67 bits per heavy atom. The van der Waals surface area contributed by atoms with Crippen molar-refractivity contribution in [3.63, 3.8) is 0 Å². The summed E-state index contributed by atoms with van der Waals surface area (Å²) in [4.78, 5) is 0. The van der Waals surface area contributed by atoms with E-state index in [1.54, 1.807) is 0 Å². The largest absolute Gasteiger partial charge is 0.229 e. The van der Waals surface area contributed by atoms with Gasteiger partial charge in [-0.05, 0) is 12.8 Å². The molecule has 0 heterocycles. The van der Waals surface area contributed by atoms with Crippen LogP contribution in [0.25, 0.3) is 0 Å². The quantitative estimate of drug-likeness (QED) is 0.518. The Bertz CT molecular complexity index is 187. The number of unbranched alkanes of at least 4 members (excludes halogenated alkanes) is 2. The van der Waals surface area contributed by atoms with E-state index in [0.29, 0.717) is 11.5 Å². The van der Waals surface area contributed by atoms with Crippen molar-refractivity contribution in [1.82, 2.24) is 0 Å². The van der Waals surface area contributed by atoms with Crippen molar-refractivity contribution in [3.8, 4) is 0 Å². The number of hydrogen-bond donors (Lipinski definition) is 0. The predicted octanol–water partition coefficient (Wildman–Crippen LogP) is 2.38. The van der Waals surface area contributed by atoms with Crippen LogP contribution in [0.15, 0.2) is 0 Å². The van der Waals surface area contributed by atoms with Crippen molar-refractivity contribution in [2.45, 2.75) is 32.6 Å². The van der Waals surface area contributed by atoms with E-state index < -0.39 is 9.84 Å². The van der Waals surface area contributed by atoms with Gasteiger partial charge in [0.2, 0.25) is 0 Å². The van der Waals surface area contributed by atoms with Crippen molar-refractivity contribution in [2.24, 2.45) is 0 Å². The first-order chi connectivity index (χ1) is 5.62. The van der Waals surface area contributed by atoms with Gasteiger partial charge in [-0.1, -0.05) is 35.7 Å². The number of sulfone groups is 1. The molecule has 0 atom stereocenters. The third-order valence-electron chi connectivity index (χ3n) is 1.65. The molecule has 0 fully saturated rings. The third kappa shape index (κ3) is 7.10. The van der Waals surface area contributed by atoms with E-state index in [4.69, 9.17) is 0 Å². The summed E-state index contributed by atoms with van der Waals surface area (Å²) in [6, 6.07) is 0. The molecule has 0 aliphatic rings. The Labute approximate surface area is 83.8 Å². The maximum Gasteiger partial charge on any atom is 0.150 e. The normalized spacial score (nSPS) is 11.8. The molecule has 0 bridgehead atoms. The Morgan fingerprint density at radius 3 is 2.17 bits per heavy atom. The van der Waals surface area contributed by atoms with Gasteiger partial charge in [0.05, 0.1) is 11.5 Å². The molecule has 2 nitrogen and oxygen atoms in total. The van der Waals surface area contributed by atoms with Crippen molar-refractivity contribution >= 4 is 25.8 Å². The van der Waals surface area contributed by atoms with Gasteiger partial charge in [0, 0.05) is 5.33 Å². The van der Waals surface area contributed by atoms with E-state index >= 15 is 0 Å². The summed E-state index contributed by atoms with van der Waals surface area (Å²) >= 11 is 3.22. The minimum absolute atomic E-state index is 0.335. The molecule has 0 radical (unpaired) electrons. The molecular formula is C8H17BrO2S. The van der Waals surface area contributed by atoms with Crippen LogP contribution in [0.5, 0.6) is 0 Å². The Kier molecular flexibility index (Phi) is 7.14. The summed E-state index contributed by atoms with van der Waals surface area (Å²) in [5.41, 5.74) is 0. The fourth-order valence-corrected chi connectivity index (χ4v) is 3.03. The van der Waals surface area contributed by atoms with Crippen LogP contribution in [0.1, 0.15) is 32.6 Å². The SMILES string of the molecule is CCCCCS(=O)(=O)CCCBr. The van der Waals surface area contributed by atoms with E-state index in [-0.39, 0.29) is 0 Å². The average molecular weight is 257 g/mol. The zero-order valence-electron chi connectivity index (χ0n) is 7.55. The van der Waals surface area contributed by atoms with Crippen molar-refractivity contribution in [1.29, 1.82) is 0 Å². The highest BCUT2D eigenvalue weighted by Crippen LogP contribution is 2.02. The van der Waals surface area contributed by atoms with Crippen LogP contribution >= 0.6 is 15.9 Å². The second-order valence-electron chi connectivity index (χ2n) is 2.90. The van der Waals surface area contributed by atoms with Gasteiger partial charge in [-0.3, -0.25) is 0 Å². The molecule has 0 rings (SSSR count). The molecule has 0 unspecified atom stereocenters. The maximum absolute atomic E-state index is 11.2. The standard InChI is InChI=1S/C8H17BrO2S/c1-2-3-4-7-12(10,11)8-5-6-9/h2-8H2,1H3. The first-order valence-corrected chi connectivity index (χ1v) is 7.33. The topological polar surface area (TPSA) is 34.1 Å². The second kappa shape index (κ2) is 6.89. The smallest absolute Gasteiger partial charge is 0.150 e. The lowest BCUT2D eigenvalue weighted by Gasteiger charge is -2.01. The van der Waals surface area contributed by atoms with Crippen molar-refractivity contribution < 1.29 is 8.42 Å². The van der Waals surface area contributed by atoms with E-state index in [9.17, 15) is 8.42 Å². The maximum atomic E-state index is 11.2. The van der Waals surface area contributed by atoms with Gasteiger partial charge in [0.15, 0.2) is 0 Å². The molecule has 0 aromatic rings. The lowest BCUT2D eigenvalue weighted by atomic mass is 10.3. The number of rotatable bonds is 7. The van der Waals surface area contributed by atoms with Gasteiger partial charge < -0.3 is 0 Å². The molecule has 0 aromatic heterocycles. The van der Waals surface area contributed by atoms with Crippen LogP contribution in [0.3, 0.4) is 0 Å². The van der Waals surface area contributed by atoms with Gasteiger partial charge in [-0.25, -0.2) is 8.42 Å². The highest BCUT2D eigenvalue weighted by molar-refractivity contribution is 9.09. The molecule has 0 spiro atoms. The summed E-state index contributed by atoms with van der Waals surface area (Å²) in [5, 5.41) is 0.778. The molecule has 0 saturated carbocycles. The number of alkyl halides is 1. The fraction of sp³-hybridized carbons (Fsp3) is 1.00. The zero-order chi connectivity index (χ0) is 9.45. The molecule has 0 aliphatic carbocycles. The monoisotopic (exact) mass is 256 g/mol. The van der Waals surface area contributed by atoms with Crippen molar-refractivity contribution in [3.05, 3.63) is 0 Å². The van der Waals surface area contributed by atoms with E-state index in [0.717, 1.165) is 31.0 Å². The van der Waals surface area contributed by atoms with Gasteiger partial charge in [0.25, 0.3) is 0 Å². The highest BCUT2D eigenvalue weighted by atomic mass is 79.9. The summed E-state index contributed by atoms with van der Waals surface area (Å²) in [6.07, 6.45) is 3.65. The summed E-state index contributed by atoms with van der Waals surface area (Å²) in [7, 11) is -2.75. The Hall–Kier alpha value is 0.430. The highest BCUT2D eigenvalue weighted by Gasteiger charge is 2.08. The fourth-order valence-electron chi connectivity index (χ4n) is 0.949. The van der Waals surface area contributed by atoms with E-state index in [1.807, 2.05) is 0 Å². The molecule has 0 aromatic carbocycles. The van der Waals surface area contributed by atoms with E-state index in [2.05, 4.69) is 22.9 Å². The number of halogens is 1. The Balaban J connectivity index is 3.58. The summed E-state index contributed by atoms with van der Waals surface area (Å²) in [5.74, 6) is 0.704. The summed E-state index contributed by atoms with van der Waals surface area (Å²) in [6.45, 7) is 2.07. The third-order valence-corrected chi connectivity index (χ3v) is 4.03. The number of hydrogen-bond acceptors (Lipinski definition) is 2. The van der Waals surface area contributed by atoms with Crippen molar-refractivity contribution in [2.75, 3.05) is 16.8 Å². The van der Waals surface area contributed by atoms with Gasteiger partial charge in [-0.15, -0.1) is 0 Å². The van der Waals surface area contributed by atoms with Crippen LogP contribution in [0, 0.1) is 0 Å². The first kappa shape index (κ1) is 12.4. The molecule has 0 aliphatic heterocycles. The summed E-state index contributed by atoms with van der Waals surface area (Å²) < 4.78 is 22.5. The van der Waals surface area contributed by atoms with Crippen LogP contribution < -0.4 is 0 Å². The lowest BCUT2D eigenvalue weighted by Crippen LogP contribution is -2.11. The predicted molar refractivity (Wildman–Crippen MR) is 56.6 cm³/mol. The molecule has 4 heteroatoms.